The fraction of sp³-hybridized carbons (Fsp3) is 0.294. The van der Waals surface area contributed by atoms with Crippen molar-refractivity contribution in [1.82, 2.24) is 0 Å². The summed E-state index contributed by atoms with van der Waals surface area (Å²) in [6, 6.07) is 8.56. The number of nitrogens with two attached hydrogens (primary N) is 1. The van der Waals surface area contributed by atoms with E-state index in [0.29, 0.717) is 11.3 Å². The van der Waals surface area contributed by atoms with E-state index in [9.17, 15) is 4.39 Å². The molecule has 0 heterocycles. The molecule has 0 amide bonds. The van der Waals surface area contributed by atoms with Crippen molar-refractivity contribution in [2.75, 3.05) is 0 Å². The molecule has 0 fully saturated rings. The molecule has 20 heavy (non-hydrogen) atoms. The number of halogens is 1. The lowest BCUT2D eigenvalue weighted by molar-refractivity contribution is 0.427. The molecule has 2 nitrogen and oxygen atoms in total. The van der Waals surface area contributed by atoms with Crippen LogP contribution in [0.2, 0.25) is 0 Å². The third kappa shape index (κ3) is 2.68. The van der Waals surface area contributed by atoms with Gasteiger partial charge in [0.05, 0.1) is 0 Å². The van der Waals surface area contributed by atoms with E-state index in [-0.39, 0.29) is 17.6 Å². The molecule has 2 rings (SSSR count). The Balaban J connectivity index is 2.53. The summed E-state index contributed by atoms with van der Waals surface area (Å²) in [6.45, 7) is 7.76. The van der Waals surface area contributed by atoms with Crippen molar-refractivity contribution >= 4 is 0 Å². The van der Waals surface area contributed by atoms with Crippen LogP contribution in [-0.4, -0.2) is 0 Å². The minimum Gasteiger partial charge on any atom is -0.453 e. The molecule has 0 aliphatic rings. The molecular weight excluding hydrogens is 253 g/mol. The first kappa shape index (κ1) is 14.5. The smallest absolute Gasteiger partial charge is 0.167 e. The molecule has 2 aromatic rings. The number of hydrogen-bond acceptors (Lipinski definition) is 2. The van der Waals surface area contributed by atoms with Gasteiger partial charge < -0.3 is 10.5 Å². The Hall–Kier alpha value is -1.87. The van der Waals surface area contributed by atoms with Crippen LogP contribution in [0.15, 0.2) is 30.3 Å². The van der Waals surface area contributed by atoms with Crippen molar-refractivity contribution in [3.8, 4) is 11.5 Å². The fourth-order valence-electron chi connectivity index (χ4n) is 2.18. The van der Waals surface area contributed by atoms with Crippen LogP contribution in [0.25, 0.3) is 0 Å². The standard InChI is InChI=1S/C17H20FNO/c1-10-8-9-11(2)16(12(10)3)20-17-14(13(4)19)6-5-7-15(17)18/h5-9,13H,19H2,1-4H3. The molecule has 0 aliphatic carbocycles. The van der Waals surface area contributed by atoms with Crippen LogP contribution >= 0.6 is 0 Å². The summed E-state index contributed by atoms with van der Waals surface area (Å²) >= 11 is 0. The van der Waals surface area contributed by atoms with Gasteiger partial charge in [-0.25, -0.2) is 4.39 Å². The Kier molecular flexibility index (Phi) is 4.09. The highest BCUT2D eigenvalue weighted by atomic mass is 19.1. The monoisotopic (exact) mass is 273 g/mol. The third-order valence-electron chi connectivity index (χ3n) is 3.57. The molecule has 0 bridgehead atoms. The summed E-state index contributed by atoms with van der Waals surface area (Å²) in [6.07, 6.45) is 0. The molecule has 3 heteroatoms. The molecule has 1 atom stereocenters. The van der Waals surface area contributed by atoms with Crippen molar-refractivity contribution in [2.45, 2.75) is 33.7 Å². The zero-order valence-corrected chi connectivity index (χ0v) is 12.3. The summed E-state index contributed by atoms with van der Waals surface area (Å²) < 4.78 is 20.0. The van der Waals surface area contributed by atoms with E-state index in [4.69, 9.17) is 10.5 Å². The summed E-state index contributed by atoms with van der Waals surface area (Å²) in [5.41, 5.74) is 9.68. The molecule has 0 saturated heterocycles. The lowest BCUT2D eigenvalue weighted by Gasteiger charge is -2.18. The van der Waals surface area contributed by atoms with Gasteiger partial charge >= 0.3 is 0 Å². The van der Waals surface area contributed by atoms with Crippen LogP contribution in [0, 0.1) is 26.6 Å². The lowest BCUT2D eigenvalue weighted by Crippen LogP contribution is -2.08. The van der Waals surface area contributed by atoms with Crippen LogP contribution in [0.1, 0.15) is 35.2 Å². The number of aryl methyl sites for hydroxylation is 2. The molecule has 0 aromatic heterocycles. The highest BCUT2D eigenvalue weighted by molar-refractivity contribution is 5.49. The Morgan fingerprint density at radius 1 is 1.00 bits per heavy atom. The first-order chi connectivity index (χ1) is 9.41. The Labute approximate surface area is 119 Å². The van der Waals surface area contributed by atoms with Gasteiger partial charge in [-0.15, -0.1) is 0 Å². The summed E-state index contributed by atoms with van der Waals surface area (Å²) in [5.74, 6) is 0.538. The average Bonchev–Trinajstić information content (AvgIpc) is 2.40. The molecule has 0 aliphatic heterocycles. The maximum Gasteiger partial charge on any atom is 0.167 e. The normalized spacial score (nSPS) is 12.3. The summed E-state index contributed by atoms with van der Waals surface area (Å²) in [7, 11) is 0. The molecule has 106 valence electrons. The first-order valence-electron chi connectivity index (χ1n) is 6.70. The number of para-hydroxylation sites is 1. The average molecular weight is 273 g/mol. The second-order valence-electron chi connectivity index (χ2n) is 5.20. The van der Waals surface area contributed by atoms with Crippen LogP contribution < -0.4 is 10.5 Å². The van der Waals surface area contributed by atoms with Crippen molar-refractivity contribution in [3.63, 3.8) is 0 Å². The fourth-order valence-corrected chi connectivity index (χ4v) is 2.18. The second-order valence-corrected chi connectivity index (χ2v) is 5.20. The van der Waals surface area contributed by atoms with Gasteiger partial charge in [0.25, 0.3) is 0 Å². The third-order valence-corrected chi connectivity index (χ3v) is 3.57. The van der Waals surface area contributed by atoms with Gasteiger partial charge in [0, 0.05) is 11.6 Å². The van der Waals surface area contributed by atoms with Crippen molar-refractivity contribution in [2.24, 2.45) is 5.73 Å². The zero-order valence-electron chi connectivity index (χ0n) is 12.3. The molecule has 0 spiro atoms. The van der Waals surface area contributed by atoms with Gasteiger partial charge in [0.15, 0.2) is 11.6 Å². The predicted molar refractivity (Wildman–Crippen MR) is 79.7 cm³/mol. The van der Waals surface area contributed by atoms with Gasteiger partial charge in [-0.2, -0.15) is 0 Å². The second kappa shape index (κ2) is 5.63. The van der Waals surface area contributed by atoms with E-state index in [1.54, 1.807) is 12.1 Å². The summed E-state index contributed by atoms with van der Waals surface area (Å²) in [4.78, 5) is 0. The van der Waals surface area contributed by atoms with Gasteiger partial charge in [0.1, 0.15) is 5.75 Å². The number of hydrogen-bond donors (Lipinski definition) is 1. The highest BCUT2D eigenvalue weighted by Gasteiger charge is 2.16. The quantitative estimate of drug-likeness (QED) is 0.889. The van der Waals surface area contributed by atoms with Gasteiger partial charge in [-0.3, -0.25) is 0 Å². The molecule has 2 aromatic carbocycles. The maximum absolute atomic E-state index is 14.1. The maximum atomic E-state index is 14.1. The van der Waals surface area contributed by atoms with Crippen LogP contribution in [0.3, 0.4) is 0 Å². The van der Waals surface area contributed by atoms with E-state index in [1.165, 1.54) is 6.07 Å². The first-order valence-corrected chi connectivity index (χ1v) is 6.70. The largest absolute Gasteiger partial charge is 0.453 e. The van der Waals surface area contributed by atoms with E-state index in [1.807, 2.05) is 39.8 Å². The number of benzene rings is 2. The predicted octanol–water partition coefficient (Wildman–Crippen LogP) is 4.56. The SMILES string of the molecule is Cc1ccc(C)c(Oc2c(F)cccc2C(C)N)c1C. The molecule has 2 N–H and O–H groups in total. The molecular formula is C17H20FNO. The van der Waals surface area contributed by atoms with Gasteiger partial charge in [-0.1, -0.05) is 24.3 Å². The zero-order chi connectivity index (χ0) is 14.9. The number of rotatable bonds is 3. The van der Waals surface area contributed by atoms with E-state index >= 15 is 0 Å². The Morgan fingerprint density at radius 2 is 1.65 bits per heavy atom. The van der Waals surface area contributed by atoms with E-state index < -0.39 is 0 Å². The highest BCUT2D eigenvalue weighted by Crippen LogP contribution is 2.35. The molecule has 1 unspecified atom stereocenters. The van der Waals surface area contributed by atoms with Gasteiger partial charge in [0.2, 0.25) is 0 Å². The van der Waals surface area contributed by atoms with Crippen molar-refractivity contribution in [3.05, 3.63) is 58.4 Å². The lowest BCUT2D eigenvalue weighted by atomic mass is 10.0. The molecule has 0 radical (unpaired) electrons. The van der Waals surface area contributed by atoms with Crippen LogP contribution in [-0.2, 0) is 0 Å². The summed E-state index contributed by atoms with van der Waals surface area (Å²) in [5, 5.41) is 0. The van der Waals surface area contributed by atoms with E-state index in [2.05, 4.69) is 0 Å². The van der Waals surface area contributed by atoms with E-state index in [0.717, 1.165) is 16.7 Å². The minimum absolute atomic E-state index is 0.222. The van der Waals surface area contributed by atoms with Crippen LogP contribution in [0.5, 0.6) is 11.5 Å². The van der Waals surface area contributed by atoms with Crippen molar-refractivity contribution in [1.29, 1.82) is 0 Å². The van der Waals surface area contributed by atoms with Crippen molar-refractivity contribution < 1.29 is 9.13 Å². The number of ether oxygens (including phenoxy) is 1. The topological polar surface area (TPSA) is 35.2 Å². The Bertz CT molecular complexity index is 635. The Morgan fingerprint density at radius 3 is 2.30 bits per heavy atom. The van der Waals surface area contributed by atoms with Crippen LogP contribution in [0.4, 0.5) is 4.39 Å². The van der Waals surface area contributed by atoms with Gasteiger partial charge in [-0.05, 0) is 50.5 Å². The molecule has 0 saturated carbocycles. The minimum atomic E-state index is -0.389.